The molecule has 4 rings (SSSR count). The number of amides is 1. The van der Waals surface area contributed by atoms with Crippen molar-refractivity contribution in [3.8, 4) is 11.4 Å². The molecule has 0 saturated heterocycles. The van der Waals surface area contributed by atoms with Crippen molar-refractivity contribution in [2.75, 3.05) is 17.7 Å². The van der Waals surface area contributed by atoms with Crippen LogP contribution < -0.4 is 15.6 Å². The van der Waals surface area contributed by atoms with E-state index in [-0.39, 0.29) is 17.2 Å². The van der Waals surface area contributed by atoms with Crippen LogP contribution in [-0.4, -0.2) is 38.0 Å². The van der Waals surface area contributed by atoms with Crippen molar-refractivity contribution in [2.24, 2.45) is 0 Å². The van der Waals surface area contributed by atoms with Crippen LogP contribution in [0.1, 0.15) is 18.1 Å². The predicted octanol–water partition coefficient (Wildman–Crippen LogP) is 3.86. The van der Waals surface area contributed by atoms with Crippen molar-refractivity contribution in [1.82, 2.24) is 19.7 Å². The van der Waals surface area contributed by atoms with Crippen LogP contribution in [0.2, 0.25) is 0 Å². The van der Waals surface area contributed by atoms with Gasteiger partial charge in [-0.2, -0.15) is 5.10 Å². The van der Waals surface area contributed by atoms with Gasteiger partial charge < -0.3 is 10.1 Å². The minimum atomic E-state index is -0.259. The maximum Gasteiger partial charge on any atom is 0.269 e. The lowest BCUT2D eigenvalue weighted by Gasteiger charge is -2.13. The molecule has 1 amide bonds. The number of anilines is 1. The molecule has 9 heteroatoms. The largest absolute Gasteiger partial charge is 0.494 e. The van der Waals surface area contributed by atoms with Crippen molar-refractivity contribution in [1.29, 1.82) is 0 Å². The van der Waals surface area contributed by atoms with Crippen LogP contribution in [0.4, 0.5) is 5.69 Å². The molecule has 0 bridgehead atoms. The number of carbonyl (C=O) groups excluding carboxylic acids is 1. The summed E-state index contributed by atoms with van der Waals surface area (Å²) in [4.78, 5) is 30.2. The highest BCUT2D eigenvalue weighted by molar-refractivity contribution is 7.99. The van der Waals surface area contributed by atoms with Gasteiger partial charge >= 0.3 is 0 Å². The number of H-pyrrole nitrogens is 1. The van der Waals surface area contributed by atoms with Crippen molar-refractivity contribution in [3.63, 3.8) is 0 Å². The summed E-state index contributed by atoms with van der Waals surface area (Å²) in [5.41, 5.74) is 3.75. The zero-order chi connectivity index (χ0) is 22.7. The molecule has 32 heavy (non-hydrogen) atoms. The van der Waals surface area contributed by atoms with Gasteiger partial charge in [0.15, 0.2) is 10.8 Å². The van der Waals surface area contributed by atoms with Crippen molar-refractivity contribution in [2.45, 2.75) is 25.9 Å². The van der Waals surface area contributed by atoms with Gasteiger partial charge in [-0.15, -0.1) is 0 Å². The lowest BCUT2D eigenvalue weighted by Crippen LogP contribution is -2.22. The fraction of sp³-hybridized carbons (Fsp3) is 0.217. The molecular weight excluding hydrogens is 426 g/mol. The topological polar surface area (TPSA) is 102 Å². The quantitative estimate of drug-likeness (QED) is 0.328. The van der Waals surface area contributed by atoms with Crippen LogP contribution >= 0.6 is 11.8 Å². The first-order valence-electron chi connectivity index (χ1n) is 10.2. The van der Waals surface area contributed by atoms with Crippen molar-refractivity contribution < 1.29 is 9.53 Å². The first kappa shape index (κ1) is 21.6. The third kappa shape index (κ3) is 4.52. The van der Waals surface area contributed by atoms with E-state index in [9.17, 15) is 9.59 Å². The molecule has 0 atom stereocenters. The lowest BCUT2D eigenvalue weighted by molar-refractivity contribution is -0.113. The number of benzene rings is 2. The van der Waals surface area contributed by atoms with Gasteiger partial charge in [0, 0.05) is 5.69 Å². The summed E-state index contributed by atoms with van der Waals surface area (Å²) in [6, 6.07) is 12.9. The molecule has 0 fully saturated rings. The lowest BCUT2D eigenvalue weighted by atomic mass is 10.1. The third-order valence-electron chi connectivity index (χ3n) is 4.98. The van der Waals surface area contributed by atoms with Crippen LogP contribution in [-0.2, 0) is 4.79 Å². The molecule has 0 unspecified atom stereocenters. The van der Waals surface area contributed by atoms with Gasteiger partial charge in [-0.25, -0.2) is 4.98 Å². The standard InChI is InChI=1S/C23H23N5O3S/c1-4-31-18-9-7-17(8-10-18)28-22(30)19-12-24-27-21(19)26-23(28)32-13-20(29)25-16-6-5-14(2)15(3)11-16/h5-12H,4,13H2,1-3H3,(H,24,27)(H,25,29). The summed E-state index contributed by atoms with van der Waals surface area (Å²) in [6.07, 6.45) is 1.45. The molecule has 0 aliphatic rings. The molecule has 0 spiro atoms. The van der Waals surface area contributed by atoms with E-state index in [1.54, 1.807) is 24.3 Å². The second-order valence-electron chi connectivity index (χ2n) is 7.23. The van der Waals surface area contributed by atoms with Gasteiger partial charge in [0.05, 0.1) is 24.2 Å². The molecule has 0 aliphatic heterocycles. The number of thioether (sulfide) groups is 1. The Morgan fingerprint density at radius 2 is 1.94 bits per heavy atom. The summed E-state index contributed by atoms with van der Waals surface area (Å²) in [5, 5.41) is 10.3. The number of aromatic amines is 1. The Kier molecular flexibility index (Phi) is 6.27. The number of nitrogens with one attached hydrogen (secondary N) is 2. The number of carbonyl (C=O) groups is 1. The molecule has 2 aromatic heterocycles. The molecular formula is C23H23N5O3S. The molecule has 164 valence electrons. The maximum atomic E-state index is 13.1. The highest BCUT2D eigenvalue weighted by Gasteiger charge is 2.16. The Bertz CT molecular complexity index is 1330. The maximum absolute atomic E-state index is 13.1. The van der Waals surface area contributed by atoms with Gasteiger partial charge in [0.1, 0.15) is 11.1 Å². The number of nitrogens with zero attached hydrogens (tertiary/aromatic N) is 3. The summed E-state index contributed by atoms with van der Waals surface area (Å²) in [6.45, 7) is 6.48. The van der Waals surface area contributed by atoms with E-state index in [1.807, 2.05) is 39.0 Å². The van der Waals surface area contributed by atoms with Crippen molar-refractivity contribution >= 4 is 34.4 Å². The van der Waals surface area contributed by atoms with Gasteiger partial charge in [-0.1, -0.05) is 17.8 Å². The number of hydrogen-bond donors (Lipinski definition) is 2. The van der Waals surface area contributed by atoms with Crippen LogP contribution in [0.3, 0.4) is 0 Å². The fourth-order valence-electron chi connectivity index (χ4n) is 3.20. The number of aryl methyl sites for hydroxylation is 2. The molecule has 4 aromatic rings. The first-order valence-corrected chi connectivity index (χ1v) is 11.1. The van der Waals surface area contributed by atoms with E-state index in [1.165, 1.54) is 22.5 Å². The minimum absolute atomic E-state index is 0.0933. The SMILES string of the molecule is CCOc1ccc(-n2c(SCC(=O)Nc3ccc(C)c(C)c3)nc3[nH]ncc3c2=O)cc1. The first-order chi connectivity index (χ1) is 15.5. The number of hydrogen-bond acceptors (Lipinski definition) is 6. The number of aromatic nitrogens is 4. The number of ether oxygens (including phenoxy) is 1. The van der Waals surface area contributed by atoms with E-state index < -0.39 is 0 Å². The minimum Gasteiger partial charge on any atom is -0.494 e. The van der Waals surface area contributed by atoms with Crippen LogP contribution in [0.15, 0.2) is 58.6 Å². The third-order valence-corrected chi connectivity index (χ3v) is 5.92. The molecule has 0 saturated carbocycles. The molecule has 0 aliphatic carbocycles. The monoisotopic (exact) mass is 449 g/mol. The molecule has 0 radical (unpaired) electrons. The van der Waals surface area contributed by atoms with Gasteiger partial charge in [-0.05, 0) is 68.3 Å². The van der Waals surface area contributed by atoms with Gasteiger partial charge in [-0.3, -0.25) is 19.3 Å². The van der Waals surface area contributed by atoms with Crippen molar-refractivity contribution in [3.05, 3.63) is 70.1 Å². The summed E-state index contributed by atoms with van der Waals surface area (Å²) < 4.78 is 6.98. The van der Waals surface area contributed by atoms with Gasteiger partial charge in [0.25, 0.3) is 5.56 Å². The molecule has 2 N–H and O–H groups in total. The summed E-state index contributed by atoms with van der Waals surface area (Å²) >= 11 is 1.18. The number of rotatable bonds is 7. The fourth-order valence-corrected chi connectivity index (χ4v) is 4.01. The summed E-state index contributed by atoms with van der Waals surface area (Å²) in [5.74, 6) is 0.620. The van der Waals surface area contributed by atoms with E-state index in [2.05, 4.69) is 20.5 Å². The van der Waals surface area contributed by atoms with E-state index in [0.717, 1.165) is 16.8 Å². The highest BCUT2D eigenvalue weighted by atomic mass is 32.2. The van der Waals surface area contributed by atoms with Crippen LogP contribution in [0.5, 0.6) is 5.75 Å². The predicted molar refractivity (Wildman–Crippen MR) is 126 cm³/mol. The second-order valence-corrected chi connectivity index (χ2v) is 8.17. The Morgan fingerprint density at radius 1 is 1.16 bits per heavy atom. The Labute approximate surface area is 189 Å². The molecule has 2 heterocycles. The Hall–Kier alpha value is -3.59. The molecule has 8 nitrogen and oxygen atoms in total. The van der Waals surface area contributed by atoms with E-state index in [0.29, 0.717) is 34.2 Å². The normalized spacial score (nSPS) is 11.0. The average molecular weight is 450 g/mol. The number of fused-ring (bicyclic) bond motifs is 1. The highest BCUT2D eigenvalue weighted by Crippen LogP contribution is 2.23. The van der Waals surface area contributed by atoms with Crippen LogP contribution in [0.25, 0.3) is 16.7 Å². The molecule has 2 aromatic carbocycles. The average Bonchev–Trinajstić information content (AvgIpc) is 3.25. The van der Waals surface area contributed by atoms with Gasteiger partial charge in [0.2, 0.25) is 5.91 Å². The zero-order valence-corrected chi connectivity index (χ0v) is 18.8. The Morgan fingerprint density at radius 3 is 2.66 bits per heavy atom. The van der Waals surface area contributed by atoms with Crippen LogP contribution in [0, 0.1) is 13.8 Å². The van der Waals surface area contributed by atoms with E-state index >= 15 is 0 Å². The second kappa shape index (κ2) is 9.27. The van der Waals surface area contributed by atoms with E-state index in [4.69, 9.17) is 4.74 Å². The smallest absolute Gasteiger partial charge is 0.269 e. The Balaban J connectivity index is 1.61. The summed E-state index contributed by atoms with van der Waals surface area (Å²) in [7, 11) is 0. The zero-order valence-electron chi connectivity index (χ0n) is 18.0.